The Hall–Kier alpha value is -1.27. The van der Waals surface area contributed by atoms with E-state index in [1.807, 2.05) is 19.2 Å². The Morgan fingerprint density at radius 2 is 2.19 bits per heavy atom. The highest BCUT2D eigenvalue weighted by atomic mass is 32.1. The smallest absolute Gasteiger partial charge is 0.347 e. The summed E-state index contributed by atoms with van der Waals surface area (Å²) in [6.45, 7) is 3.81. The van der Waals surface area contributed by atoms with Gasteiger partial charge in [0, 0.05) is 11.1 Å². The zero-order valence-electron chi connectivity index (χ0n) is 8.85. The molecule has 0 spiro atoms. The first-order chi connectivity index (χ1) is 7.61. The fourth-order valence-electron chi connectivity index (χ4n) is 1.30. The minimum absolute atomic E-state index is 0.324. The van der Waals surface area contributed by atoms with Gasteiger partial charge in [-0.05, 0) is 13.3 Å². The molecule has 6 heteroatoms. The van der Waals surface area contributed by atoms with Crippen LogP contribution in [0.25, 0.3) is 10.0 Å². The van der Waals surface area contributed by atoms with Gasteiger partial charge < -0.3 is 5.11 Å². The summed E-state index contributed by atoms with van der Waals surface area (Å²) in [4.78, 5) is 19.9. The van der Waals surface area contributed by atoms with Crippen LogP contribution in [0.5, 0.6) is 0 Å². The van der Waals surface area contributed by atoms with Crippen LogP contribution in [0.2, 0.25) is 0 Å². The van der Waals surface area contributed by atoms with Gasteiger partial charge in [0.25, 0.3) is 0 Å². The van der Waals surface area contributed by atoms with Crippen molar-refractivity contribution in [3.63, 3.8) is 0 Å². The first kappa shape index (κ1) is 11.2. The van der Waals surface area contributed by atoms with E-state index in [1.165, 1.54) is 22.7 Å². The third-order valence-corrected chi connectivity index (χ3v) is 4.22. The van der Waals surface area contributed by atoms with Crippen molar-refractivity contribution in [2.45, 2.75) is 20.3 Å². The Morgan fingerprint density at radius 3 is 2.62 bits per heavy atom. The molecule has 84 valence electrons. The zero-order chi connectivity index (χ0) is 11.7. The predicted molar refractivity (Wildman–Crippen MR) is 64.3 cm³/mol. The molecule has 0 atom stereocenters. The lowest BCUT2D eigenvalue weighted by Crippen LogP contribution is -1.97. The monoisotopic (exact) mass is 254 g/mol. The molecule has 0 aliphatic rings. The molecule has 0 aliphatic carbocycles. The number of carboxylic acids is 1. The third-order valence-electron chi connectivity index (χ3n) is 2.03. The Labute approximate surface area is 101 Å². The van der Waals surface area contributed by atoms with E-state index in [9.17, 15) is 4.79 Å². The minimum Gasteiger partial charge on any atom is -0.477 e. The summed E-state index contributed by atoms with van der Waals surface area (Å²) in [5.74, 6) is -0.908. The van der Waals surface area contributed by atoms with Crippen molar-refractivity contribution in [2.24, 2.45) is 0 Å². The van der Waals surface area contributed by atoms with Crippen molar-refractivity contribution in [1.82, 2.24) is 9.97 Å². The Morgan fingerprint density at radius 1 is 1.44 bits per heavy atom. The lowest BCUT2D eigenvalue weighted by molar-refractivity contribution is 0.0701. The lowest BCUT2D eigenvalue weighted by Gasteiger charge is -1.89. The van der Waals surface area contributed by atoms with Crippen LogP contribution in [0.4, 0.5) is 0 Å². The molecule has 2 aromatic heterocycles. The molecule has 0 radical (unpaired) electrons. The average Bonchev–Trinajstić information content (AvgIpc) is 2.82. The van der Waals surface area contributed by atoms with Crippen molar-refractivity contribution in [3.05, 3.63) is 21.6 Å². The molecule has 0 fully saturated rings. The molecule has 0 saturated carbocycles. The predicted octanol–water partition coefficient (Wildman–Crippen LogP) is 2.84. The number of hydrogen-bond acceptors (Lipinski definition) is 5. The van der Waals surface area contributed by atoms with Gasteiger partial charge in [-0.2, -0.15) is 0 Å². The number of carbonyl (C=O) groups is 1. The number of aryl methyl sites for hydroxylation is 2. The van der Waals surface area contributed by atoms with Crippen LogP contribution >= 0.6 is 22.7 Å². The summed E-state index contributed by atoms with van der Waals surface area (Å²) in [7, 11) is 0. The summed E-state index contributed by atoms with van der Waals surface area (Å²) in [5.41, 5.74) is 1.57. The number of thiazole rings is 2. The van der Waals surface area contributed by atoms with Crippen LogP contribution in [-0.4, -0.2) is 21.0 Å². The molecule has 0 amide bonds. The molecule has 0 bridgehead atoms. The molecule has 0 aliphatic heterocycles. The third kappa shape index (κ3) is 1.98. The van der Waals surface area contributed by atoms with Gasteiger partial charge in [0.15, 0.2) is 10.0 Å². The van der Waals surface area contributed by atoms with E-state index in [2.05, 4.69) is 9.97 Å². The molecule has 16 heavy (non-hydrogen) atoms. The Bertz CT molecular complexity index is 531. The van der Waals surface area contributed by atoms with Crippen LogP contribution in [0.15, 0.2) is 5.38 Å². The Balaban J connectivity index is 2.47. The molecule has 2 heterocycles. The van der Waals surface area contributed by atoms with Crippen LogP contribution < -0.4 is 0 Å². The largest absolute Gasteiger partial charge is 0.477 e. The fourth-order valence-corrected chi connectivity index (χ4v) is 3.13. The molecule has 1 N–H and O–H groups in total. The van der Waals surface area contributed by atoms with E-state index in [-0.39, 0.29) is 0 Å². The van der Waals surface area contributed by atoms with Gasteiger partial charge in [-0.3, -0.25) is 0 Å². The van der Waals surface area contributed by atoms with Gasteiger partial charge >= 0.3 is 5.97 Å². The van der Waals surface area contributed by atoms with Gasteiger partial charge in [-0.25, -0.2) is 14.8 Å². The number of nitrogens with zero attached hydrogens (tertiary/aromatic N) is 2. The van der Waals surface area contributed by atoms with Gasteiger partial charge in [-0.1, -0.05) is 6.92 Å². The second kappa shape index (κ2) is 4.31. The maximum absolute atomic E-state index is 11.0. The SMILES string of the molecule is CCc1nc(-c2nc(C)cs2)sc1C(=O)O. The molecule has 0 aromatic carbocycles. The van der Waals surface area contributed by atoms with E-state index >= 15 is 0 Å². The van der Waals surface area contributed by atoms with Crippen molar-refractivity contribution >= 4 is 28.6 Å². The van der Waals surface area contributed by atoms with E-state index in [4.69, 9.17) is 5.11 Å². The van der Waals surface area contributed by atoms with Crippen LogP contribution in [0.3, 0.4) is 0 Å². The number of aromatic carboxylic acids is 1. The van der Waals surface area contributed by atoms with E-state index in [1.54, 1.807) is 0 Å². The summed E-state index contributed by atoms with van der Waals surface area (Å²) < 4.78 is 0. The highest BCUT2D eigenvalue weighted by Gasteiger charge is 2.18. The Kier molecular flexibility index (Phi) is 3.02. The number of rotatable bonds is 3. The minimum atomic E-state index is -0.908. The number of hydrogen-bond donors (Lipinski definition) is 1. The maximum atomic E-state index is 11.0. The van der Waals surface area contributed by atoms with E-state index < -0.39 is 5.97 Å². The first-order valence-corrected chi connectivity index (χ1v) is 6.47. The van der Waals surface area contributed by atoms with E-state index in [0.29, 0.717) is 22.0 Å². The highest BCUT2D eigenvalue weighted by molar-refractivity contribution is 7.21. The standard InChI is InChI=1S/C10H10N2O2S2/c1-3-6-7(10(13)14)16-9(12-6)8-11-5(2)4-15-8/h4H,3H2,1-2H3,(H,13,14). The fraction of sp³-hybridized carbons (Fsp3) is 0.300. The molecule has 4 nitrogen and oxygen atoms in total. The topological polar surface area (TPSA) is 63.1 Å². The van der Waals surface area contributed by atoms with Crippen molar-refractivity contribution in [3.8, 4) is 10.0 Å². The van der Waals surface area contributed by atoms with Crippen molar-refractivity contribution < 1.29 is 9.90 Å². The second-order valence-electron chi connectivity index (χ2n) is 3.25. The van der Waals surface area contributed by atoms with Gasteiger partial charge in [0.2, 0.25) is 0 Å². The lowest BCUT2D eigenvalue weighted by atomic mass is 10.3. The van der Waals surface area contributed by atoms with Crippen LogP contribution in [-0.2, 0) is 6.42 Å². The number of aromatic nitrogens is 2. The van der Waals surface area contributed by atoms with Gasteiger partial charge in [0.05, 0.1) is 5.69 Å². The number of carboxylic acid groups (broad SMARTS) is 1. The molecular formula is C10H10N2O2S2. The van der Waals surface area contributed by atoms with E-state index in [0.717, 1.165) is 10.7 Å². The molecule has 0 unspecified atom stereocenters. The van der Waals surface area contributed by atoms with Gasteiger partial charge in [0.1, 0.15) is 4.88 Å². The first-order valence-electron chi connectivity index (χ1n) is 4.77. The molecule has 2 rings (SSSR count). The summed E-state index contributed by atoms with van der Waals surface area (Å²) in [6.07, 6.45) is 0.627. The van der Waals surface area contributed by atoms with Gasteiger partial charge in [-0.15, -0.1) is 22.7 Å². The van der Waals surface area contributed by atoms with Crippen LogP contribution in [0.1, 0.15) is 28.0 Å². The summed E-state index contributed by atoms with van der Waals surface area (Å²) >= 11 is 2.69. The normalized spacial score (nSPS) is 10.6. The van der Waals surface area contributed by atoms with Crippen molar-refractivity contribution in [2.75, 3.05) is 0 Å². The molecular weight excluding hydrogens is 244 g/mol. The molecule has 0 saturated heterocycles. The van der Waals surface area contributed by atoms with Crippen molar-refractivity contribution in [1.29, 1.82) is 0 Å². The quantitative estimate of drug-likeness (QED) is 0.914. The summed E-state index contributed by atoms with van der Waals surface area (Å²) in [5, 5.41) is 12.4. The maximum Gasteiger partial charge on any atom is 0.347 e. The summed E-state index contributed by atoms with van der Waals surface area (Å²) in [6, 6.07) is 0. The highest BCUT2D eigenvalue weighted by Crippen LogP contribution is 2.30. The second-order valence-corrected chi connectivity index (χ2v) is 5.10. The van der Waals surface area contributed by atoms with Crippen LogP contribution in [0, 0.1) is 6.92 Å². The molecule has 2 aromatic rings. The zero-order valence-corrected chi connectivity index (χ0v) is 10.5. The average molecular weight is 254 g/mol.